The van der Waals surface area contributed by atoms with Gasteiger partial charge in [0, 0.05) is 32.2 Å². The lowest BCUT2D eigenvalue weighted by atomic mass is 10.0. The number of nitrogens with zero attached hydrogens (tertiary/aromatic N) is 4. The Kier molecular flexibility index (Phi) is 5.52. The number of benzene rings is 1. The maximum atomic E-state index is 14.2. The average molecular weight is 360 g/mol. The van der Waals surface area contributed by atoms with Gasteiger partial charge in [0.25, 0.3) is 0 Å². The zero-order valence-electron chi connectivity index (χ0n) is 15.7. The van der Waals surface area contributed by atoms with Gasteiger partial charge in [-0.15, -0.1) is 0 Å². The molecule has 5 nitrogen and oxygen atoms in total. The largest absolute Gasteiger partial charge is 0.379 e. The summed E-state index contributed by atoms with van der Waals surface area (Å²) in [6.07, 6.45) is 3.77. The third-order valence-electron chi connectivity index (χ3n) is 5.79. The van der Waals surface area contributed by atoms with E-state index in [9.17, 15) is 4.39 Å². The normalized spacial score (nSPS) is 22.9. The molecule has 6 heteroatoms. The van der Waals surface area contributed by atoms with Crippen molar-refractivity contribution in [2.45, 2.75) is 45.3 Å². The summed E-state index contributed by atoms with van der Waals surface area (Å²) in [5, 5.41) is 0. The molecule has 1 aromatic heterocycles. The second-order valence-corrected chi connectivity index (χ2v) is 7.41. The van der Waals surface area contributed by atoms with Crippen LogP contribution in [0, 0.1) is 5.82 Å². The van der Waals surface area contributed by atoms with Crippen LogP contribution in [-0.2, 0) is 17.8 Å². The van der Waals surface area contributed by atoms with Gasteiger partial charge in [-0.05, 0) is 38.4 Å². The summed E-state index contributed by atoms with van der Waals surface area (Å²) < 4.78 is 21.8. The van der Waals surface area contributed by atoms with E-state index in [1.807, 2.05) is 6.07 Å². The van der Waals surface area contributed by atoms with E-state index < -0.39 is 0 Å². The number of aromatic nitrogens is 2. The first-order valence-electron chi connectivity index (χ1n) is 9.94. The van der Waals surface area contributed by atoms with Crippen LogP contribution in [0.1, 0.15) is 32.0 Å². The SMILES string of the molecule is CCn1c(CN2CCCCC2CN2CCOCC2)nc2c(F)cccc21. The number of imidazole rings is 1. The Balaban J connectivity index is 1.54. The van der Waals surface area contributed by atoms with Crippen LogP contribution in [0.25, 0.3) is 11.0 Å². The molecule has 0 spiro atoms. The molecule has 3 heterocycles. The maximum absolute atomic E-state index is 14.2. The van der Waals surface area contributed by atoms with Gasteiger partial charge in [-0.1, -0.05) is 12.5 Å². The minimum atomic E-state index is -0.223. The summed E-state index contributed by atoms with van der Waals surface area (Å²) in [6, 6.07) is 5.80. The molecule has 0 amide bonds. The Morgan fingerprint density at radius 3 is 2.85 bits per heavy atom. The van der Waals surface area contributed by atoms with Crippen molar-refractivity contribution in [3.63, 3.8) is 0 Å². The Morgan fingerprint density at radius 1 is 1.19 bits per heavy atom. The zero-order valence-corrected chi connectivity index (χ0v) is 15.7. The van der Waals surface area contributed by atoms with E-state index in [4.69, 9.17) is 4.74 Å². The monoisotopic (exact) mass is 360 g/mol. The predicted molar refractivity (Wildman–Crippen MR) is 101 cm³/mol. The third kappa shape index (κ3) is 3.63. The molecule has 1 atom stereocenters. The molecule has 2 saturated heterocycles. The smallest absolute Gasteiger partial charge is 0.151 e. The van der Waals surface area contributed by atoms with Crippen LogP contribution in [-0.4, -0.2) is 64.8 Å². The summed E-state index contributed by atoms with van der Waals surface area (Å²) in [5.41, 5.74) is 1.41. The quantitative estimate of drug-likeness (QED) is 0.821. The second kappa shape index (κ2) is 8.03. The first kappa shape index (κ1) is 17.9. The summed E-state index contributed by atoms with van der Waals surface area (Å²) >= 11 is 0. The van der Waals surface area contributed by atoms with E-state index in [1.165, 1.54) is 25.3 Å². The average Bonchev–Trinajstić information content (AvgIpc) is 3.03. The van der Waals surface area contributed by atoms with Crippen molar-refractivity contribution in [1.29, 1.82) is 0 Å². The highest BCUT2D eigenvalue weighted by molar-refractivity contribution is 5.76. The van der Waals surface area contributed by atoms with E-state index in [-0.39, 0.29) is 5.82 Å². The minimum absolute atomic E-state index is 0.223. The van der Waals surface area contributed by atoms with E-state index in [1.54, 1.807) is 6.07 Å². The number of rotatable bonds is 5. The molecule has 0 saturated carbocycles. The first-order valence-corrected chi connectivity index (χ1v) is 9.94. The standard InChI is InChI=1S/C20H29FN4O/c1-2-25-18-8-5-7-17(21)20(18)22-19(25)15-24-9-4-3-6-16(24)14-23-10-12-26-13-11-23/h5,7-8,16H,2-4,6,9-15H2,1H3. The molecule has 0 aliphatic carbocycles. The van der Waals surface area contributed by atoms with Gasteiger partial charge < -0.3 is 9.30 Å². The van der Waals surface area contributed by atoms with Crippen LogP contribution in [0.3, 0.4) is 0 Å². The molecule has 0 radical (unpaired) electrons. The summed E-state index contributed by atoms with van der Waals surface area (Å²) in [4.78, 5) is 9.75. The van der Waals surface area contributed by atoms with Crippen molar-refractivity contribution >= 4 is 11.0 Å². The lowest BCUT2D eigenvalue weighted by Gasteiger charge is -2.39. The number of halogens is 1. The molecule has 1 aromatic carbocycles. The highest BCUT2D eigenvalue weighted by Crippen LogP contribution is 2.24. The number of fused-ring (bicyclic) bond motifs is 1. The molecule has 142 valence electrons. The van der Waals surface area contributed by atoms with E-state index in [0.717, 1.165) is 63.8 Å². The van der Waals surface area contributed by atoms with Gasteiger partial charge in [-0.2, -0.15) is 0 Å². The topological polar surface area (TPSA) is 33.5 Å². The van der Waals surface area contributed by atoms with Crippen LogP contribution < -0.4 is 0 Å². The van der Waals surface area contributed by atoms with Gasteiger partial charge >= 0.3 is 0 Å². The van der Waals surface area contributed by atoms with Gasteiger partial charge in [0.1, 0.15) is 11.3 Å². The number of likely N-dealkylation sites (tertiary alicyclic amines) is 1. The van der Waals surface area contributed by atoms with E-state index >= 15 is 0 Å². The Bertz CT molecular complexity index is 741. The van der Waals surface area contributed by atoms with Crippen molar-refractivity contribution in [2.24, 2.45) is 0 Å². The van der Waals surface area contributed by atoms with Crippen molar-refractivity contribution in [3.05, 3.63) is 29.8 Å². The van der Waals surface area contributed by atoms with Crippen LogP contribution in [0.15, 0.2) is 18.2 Å². The minimum Gasteiger partial charge on any atom is -0.379 e. The fraction of sp³-hybridized carbons (Fsp3) is 0.650. The Morgan fingerprint density at radius 2 is 2.04 bits per heavy atom. The molecule has 0 N–H and O–H groups in total. The molecule has 0 bridgehead atoms. The fourth-order valence-corrected chi connectivity index (χ4v) is 4.37. The van der Waals surface area contributed by atoms with Crippen molar-refractivity contribution in [3.8, 4) is 0 Å². The highest BCUT2D eigenvalue weighted by atomic mass is 19.1. The van der Waals surface area contributed by atoms with Crippen LogP contribution in [0.2, 0.25) is 0 Å². The number of hydrogen-bond acceptors (Lipinski definition) is 4. The molecular formula is C20H29FN4O. The van der Waals surface area contributed by atoms with Crippen LogP contribution in [0.4, 0.5) is 4.39 Å². The molecular weight excluding hydrogens is 331 g/mol. The lowest BCUT2D eigenvalue weighted by molar-refractivity contribution is 0.0147. The lowest BCUT2D eigenvalue weighted by Crippen LogP contribution is -2.49. The van der Waals surface area contributed by atoms with Gasteiger partial charge in [-0.25, -0.2) is 9.37 Å². The van der Waals surface area contributed by atoms with Gasteiger partial charge in [0.15, 0.2) is 5.82 Å². The van der Waals surface area contributed by atoms with E-state index in [0.29, 0.717) is 11.6 Å². The number of piperidine rings is 1. The van der Waals surface area contributed by atoms with Gasteiger partial charge in [0.05, 0.1) is 25.3 Å². The molecule has 2 aliphatic rings. The molecule has 2 aromatic rings. The Hall–Kier alpha value is -1.50. The third-order valence-corrected chi connectivity index (χ3v) is 5.79. The molecule has 26 heavy (non-hydrogen) atoms. The number of para-hydroxylation sites is 1. The number of ether oxygens (including phenoxy) is 1. The van der Waals surface area contributed by atoms with Gasteiger partial charge in [-0.3, -0.25) is 9.80 Å². The summed E-state index contributed by atoms with van der Waals surface area (Å²) in [5.74, 6) is 0.765. The van der Waals surface area contributed by atoms with E-state index in [2.05, 4.69) is 26.3 Å². The zero-order chi connectivity index (χ0) is 17.9. The van der Waals surface area contributed by atoms with Gasteiger partial charge in [0.2, 0.25) is 0 Å². The van der Waals surface area contributed by atoms with Crippen LogP contribution >= 0.6 is 0 Å². The van der Waals surface area contributed by atoms with Crippen LogP contribution in [0.5, 0.6) is 0 Å². The number of aryl methyl sites for hydroxylation is 1. The molecule has 4 rings (SSSR count). The molecule has 2 aliphatic heterocycles. The maximum Gasteiger partial charge on any atom is 0.151 e. The fourth-order valence-electron chi connectivity index (χ4n) is 4.37. The summed E-state index contributed by atoms with van der Waals surface area (Å²) in [7, 11) is 0. The number of hydrogen-bond donors (Lipinski definition) is 0. The van der Waals surface area contributed by atoms with Crippen molar-refractivity contribution < 1.29 is 9.13 Å². The highest BCUT2D eigenvalue weighted by Gasteiger charge is 2.27. The second-order valence-electron chi connectivity index (χ2n) is 7.41. The summed E-state index contributed by atoms with van der Waals surface area (Å²) in [6.45, 7) is 9.68. The molecule has 1 unspecified atom stereocenters. The Labute approximate surface area is 154 Å². The predicted octanol–water partition coefficient (Wildman–Crippen LogP) is 2.88. The van der Waals surface area contributed by atoms with Crippen molar-refractivity contribution in [1.82, 2.24) is 19.4 Å². The first-order chi connectivity index (χ1) is 12.8. The number of morpholine rings is 1. The molecule has 2 fully saturated rings. The van der Waals surface area contributed by atoms with Crippen molar-refractivity contribution in [2.75, 3.05) is 39.4 Å².